The Morgan fingerprint density at radius 2 is 1.76 bits per heavy atom. The number of rotatable bonds is 6. The highest BCUT2D eigenvalue weighted by atomic mass is 19.1. The normalized spacial score (nSPS) is 13.2. The van der Waals surface area contributed by atoms with Gasteiger partial charge in [0.15, 0.2) is 5.78 Å². The van der Waals surface area contributed by atoms with E-state index in [-0.39, 0.29) is 11.1 Å². The molecule has 0 spiro atoms. The van der Waals surface area contributed by atoms with Gasteiger partial charge in [-0.2, -0.15) is 0 Å². The van der Waals surface area contributed by atoms with Gasteiger partial charge in [-0.3, -0.25) is 9.59 Å². The summed E-state index contributed by atoms with van der Waals surface area (Å²) in [5, 5.41) is 20.7. The minimum absolute atomic E-state index is 0.183. The van der Waals surface area contributed by atoms with E-state index in [9.17, 15) is 23.5 Å². The minimum atomic E-state index is -1.23. The van der Waals surface area contributed by atoms with Crippen LogP contribution in [0, 0.1) is 11.6 Å². The molecule has 7 heteroatoms. The molecule has 5 nitrogen and oxygen atoms in total. The Morgan fingerprint density at radius 1 is 1.12 bits per heavy atom. The van der Waals surface area contributed by atoms with Crippen LogP contribution in [0.2, 0.25) is 0 Å². The van der Waals surface area contributed by atoms with Gasteiger partial charge in [0.05, 0.1) is 6.10 Å². The summed E-state index contributed by atoms with van der Waals surface area (Å²) in [5.74, 6) is -2.75. The summed E-state index contributed by atoms with van der Waals surface area (Å²) in [6.45, 7) is 0.511. The zero-order valence-electron chi connectivity index (χ0n) is 13.4. The molecule has 0 unspecified atom stereocenters. The summed E-state index contributed by atoms with van der Waals surface area (Å²) >= 11 is 0. The Labute approximate surface area is 142 Å². The number of Topliss-reactive ketones (excluding diaryl/α,β-unsaturated/α-hetero) is 1. The second-order valence-electron chi connectivity index (χ2n) is 5.52. The van der Waals surface area contributed by atoms with Crippen molar-refractivity contribution < 1.29 is 28.6 Å². The summed E-state index contributed by atoms with van der Waals surface area (Å²) in [6.07, 6.45) is -1.17. The van der Waals surface area contributed by atoms with E-state index in [1.807, 2.05) is 0 Å². The molecule has 0 aliphatic carbocycles. The van der Waals surface area contributed by atoms with Crippen molar-refractivity contribution in [3.05, 3.63) is 59.7 Å². The fourth-order valence-electron chi connectivity index (χ4n) is 2.32. The standard InChI is InChI=1S/C18H17F2NO4/c1-10(23)17(16(24)9-22)21-18(25)12-4-2-11(3-5-12)14-7-6-13(19)8-15(14)20/h2-8,10,17,22-23H,9H2,1H3,(H,21,25)/t10-,17+/m1/s1. The zero-order valence-corrected chi connectivity index (χ0v) is 13.4. The fourth-order valence-corrected chi connectivity index (χ4v) is 2.32. The highest BCUT2D eigenvalue weighted by Crippen LogP contribution is 2.23. The first-order valence-electron chi connectivity index (χ1n) is 7.51. The maximum absolute atomic E-state index is 13.8. The topological polar surface area (TPSA) is 86.6 Å². The number of amides is 1. The van der Waals surface area contributed by atoms with E-state index in [0.29, 0.717) is 5.56 Å². The molecule has 2 aromatic carbocycles. The van der Waals surface area contributed by atoms with E-state index in [0.717, 1.165) is 12.1 Å². The SMILES string of the molecule is C[C@@H](O)[C@H](NC(=O)c1ccc(-c2ccc(F)cc2F)cc1)C(=O)CO. The predicted molar refractivity (Wildman–Crippen MR) is 86.8 cm³/mol. The fraction of sp³-hybridized carbons (Fsp3) is 0.222. The van der Waals surface area contributed by atoms with Crippen LogP contribution in [-0.2, 0) is 4.79 Å². The van der Waals surface area contributed by atoms with Crippen molar-refractivity contribution in [3.63, 3.8) is 0 Å². The number of aliphatic hydroxyl groups is 2. The van der Waals surface area contributed by atoms with Crippen molar-refractivity contribution >= 4 is 11.7 Å². The maximum atomic E-state index is 13.8. The van der Waals surface area contributed by atoms with Crippen molar-refractivity contribution in [2.75, 3.05) is 6.61 Å². The summed E-state index contributed by atoms with van der Waals surface area (Å²) in [6, 6.07) is 7.75. The van der Waals surface area contributed by atoms with Crippen LogP contribution in [0.4, 0.5) is 8.78 Å². The molecule has 2 rings (SSSR count). The Hall–Kier alpha value is -2.64. The van der Waals surface area contributed by atoms with Crippen LogP contribution in [0.5, 0.6) is 0 Å². The average Bonchev–Trinajstić information content (AvgIpc) is 2.58. The van der Waals surface area contributed by atoms with Crippen molar-refractivity contribution in [1.82, 2.24) is 5.32 Å². The van der Waals surface area contributed by atoms with Gasteiger partial charge in [-0.1, -0.05) is 12.1 Å². The molecule has 3 N–H and O–H groups in total. The number of carbonyl (C=O) groups is 2. The first kappa shape index (κ1) is 18.7. The van der Waals surface area contributed by atoms with Crippen molar-refractivity contribution in [1.29, 1.82) is 0 Å². The van der Waals surface area contributed by atoms with Gasteiger partial charge in [0, 0.05) is 17.2 Å². The van der Waals surface area contributed by atoms with E-state index in [1.165, 1.54) is 37.3 Å². The molecule has 0 saturated heterocycles. The molecular weight excluding hydrogens is 332 g/mol. The number of aliphatic hydroxyl groups excluding tert-OH is 2. The number of benzene rings is 2. The predicted octanol–water partition coefficient (Wildman–Crippen LogP) is 1.67. The third-order valence-electron chi connectivity index (χ3n) is 3.66. The minimum Gasteiger partial charge on any atom is -0.391 e. The Morgan fingerprint density at radius 3 is 2.28 bits per heavy atom. The molecule has 0 radical (unpaired) electrons. The molecule has 0 aliphatic rings. The Kier molecular flexibility index (Phi) is 5.95. The first-order chi connectivity index (χ1) is 11.8. The second kappa shape index (κ2) is 7.96. The van der Waals surface area contributed by atoms with Crippen LogP contribution in [0.1, 0.15) is 17.3 Å². The molecule has 25 heavy (non-hydrogen) atoms. The van der Waals surface area contributed by atoms with E-state index in [1.54, 1.807) is 0 Å². The van der Waals surface area contributed by atoms with Gasteiger partial charge in [0.2, 0.25) is 0 Å². The monoisotopic (exact) mass is 349 g/mol. The molecule has 0 bridgehead atoms. The lowest BCUT2D eigenvalue weighted by atomic mass is 10.0. The van der Waals surface area contributed by atoms with Crippen LogP contribution in [-0.4, -0.2) is 40.7 Å². The smallest absolute Gasteiger partial charge is 0.251 e. The molecule has 0 saturated carbocycles. The van der Waals surface area contributed by atoms with E-state index < -0.39 is 42.1 Å². The van der Waals surface area contributed by atoms with Crippen molar-refractivity contribution in [2.45, 2.75) is 19.1 Å². The molecule has 1 amide bonds. The highest BCUT2D eigenvalue weighted by Gasteiger charge is 2.25. The summed E-state index contributed by atoms with van der Waals surface area (Å²) in [5.41, 5.74) is 0.820. The van der Waals surface area contributed by atoms with Gasteiger partial charge < -0.3 is 15.5 Å². The lowest BCUT2D eigenvalue weighted by molar-refractivity contribution is -0.125. The van der Waals surface area contributed by atoms with Gasteiger partial charge in [-0.15, -0.1) is 0 Å². The number of nitrogens with one attached hydrogen (secondary N) is 1. The quantitative estimate of drug-likeness (QED) is 0.740. The lowest BCUT2D eigenvalue weighted by Gasteiger charge is -2.19. The first-order valence-corrected chi connectivity index (χ1v) is 7.51. The van der Waals surface area contributed by atoms with Crippen molar-refractivity contribution in [2.24, 2.45) is 0 Å². The molecule has 0 aromatic heterocycles. The number of hydrogen-bond acceptors (Lipinski definition) is 4. The van der Waals surface area contributed by atoms with Crippen molar-refractivity contribution in [3.8, 4) is 11.1 Å². The molecule has 0 fully saturated rings. The molecule has 2 aromatic rings. The van der Waals surface area contributed by atoms with E-state index in [2.05, 4.69) is 5.32 Å². The molecular formula is C18H17F2NO4. The lowest BCUT2D eigenvalue weighted by Crippen LogP contribution is -2.48. The van der Waals surface area contributed by atoms with E-state index in [4.69, 9.17) is 5.11 Å². The average molecular weight is 349 g/mol. The van der Waals surface area contributed by atoms with E-state index >= 15 is 0 Å². The van der Waals surface area contributed by atoms with Crippen LogP contribution in [0.3, 0.4) is 0 Å². The maximum Gasteiger partial charge on any atom is 0.251 e. The van der Waals surface area contributed by atoms with Crippen LogP contribution >= 0.6 is 0 Å². The summed E-state index contributed by atoms with van der Waals surface area (Å²) in [7, 11) is 0. The Bertz CT molecular complexity index is 775. The Balaban J connectivity index is 2.18. The highest BCUT2D eigenvalue weighted by molar-refractivity contribution is 5.98. The largest absolute Gasteiger partial charge is 0.391 e. The number of carbonyl (C=O) groups excluding carboxylic acids is 2. The molecule has 2 atom stereocenters. The van der Waals surface area contributed by atoms with Crippen LogP contribution in [0.15, 0.2) is 42.5 Å². The number of hydrogen-bond donors (Lipinski definition) is 3. The van der Waals surface area contributed by atoms with Gasteiger partial charge in [-0.05, 0) is 36.8 Å². The summed E-state index contributed by atoms with van der Waals surface area (Å²) < 4.78 is 26.7. The zero-order chi connectivity index (χ0) is 18.6. The third kappa shape index (κ3) is 4.46. The summed E-state index contributed by atoms with van der Waals surface area (Å²) in [4.78, 5) is 23.7. The van der Waals surface area contributed by atoms with Gasteiger partial charge in [-0.25, -0.2) is 8.78 Å². The molecule has 0 heterocycles. The molecule has 0 aliphatic heterocycles. The number of halogens is 2. The third-order valence-corrected chi connectivity index (χ3v) is 3.66. The number of ketones is 1. The second-order valence-corrected chi connectivity index (χ2v) is 5.52. The van der Waals surface area contributed by atoms with Crippen LogP contribution in [0.25, 0.3) is 11.1 Å². The van der Waals surface area contributed by atoms with Gasteiger partial charge >= 0.3 is 0 Å². The van der Waals surface area contributed by atoms with Crippen LogP contribution < -0.4 is 5.32 Å². The molecule has 132 valence electrons. The van der Waals surface area contributed by atoms with Gasteiger partial charge in [0.25, 0.3) is 5.91 Å². The van der Waals surface area contributed by atoms with Gasteiger partial charge in [0.1, 0.15) is 24.3 Å².